The van der Waals surface area contributed by atoms with Crippen molar-refractivity contribution < 1.29 is 4.79 Å². The van der Waals surface area contributed by atoms with Gasteiger partial charge in [0.05, 0.1) is 0 Å². The molecule has 3 N–H and O–H groups in total. The van der Waals surface area contributed by atoms with Gasteiger partial charge >= 0.3 is 0 Å². The summed E-state index contributed by atoms with van der Waals surface area (Å²) in [5.74, 6) is 0.986. The van der Waals surface area contributed by atoms with Crippen LogP contribution < -0.4 is 11.1 Å². The van der Waals surface area contributed by atoms with Crippen molar-refractivity contribution in [1.82, 2.24) is 10.3 Å². The van der Waals surface area contributed by atoms with Crippen molar-refractivity contribution >= 4 is 22.5 Å². The van der Waals surface area contributed by atoms with Gasteiger partial charge in [-0.3, -0.25) is 4.79 Å². The molecule has 0 bridgehead atoms. The zero-order valence-electron chi connectivity index (χ0n) is 10.9. The zero-order chi connectivity index (χ0) is 13.4. The molecular weight excluding hydrogens is 238 g/mol. The van der Waals surface area contributed by atoms with E-state index in [0.29, 0.717) is 17.4 Å². The molecule has 4 heteroatoms. The van der Waals surface area contributed by atoms with Crippen molar-refractivity contribution in [3.05, 3.63) is 36.0 Å². The van der Waals surface area contributed by atoms with Gasteiger partial charge in [0.2, 0.25) is 0 Å². The highest BCUT2D eigenvalue weighted by atomic mass is 16.1. The van der Waals surface area contributed by atoms with E-state index in [1.165, 1.54) is 0 Å². The second-order valence-corrected chi connectivity index (χ2v) is 5.36. The monoisotopic (exact) mass is 255 g/mol. The van der Waals surface area contributed by atoms with Gasteiger partial charge in [-0.2, -0.15) is 0 Å². The lowest BCUT2D eigenvalue weighted by molar-refractivity contribution is 0.0891. The van der Waals surface area contributed by atoms with Gasteiger partial charge in [0.15, 0.2) is 0 Å². The molecule has 3 rings (SSSR count). The molecule has 1 aromatic carbocycles. The van der Waals surface area contributed by atoms with Crippen LogP contribution in [0.15, 0.2) is 30.3 Å². The van der Waals surface area contributed by atoms with Crippen LogP contribution in [0.2, 0.25) is 0 Å². The lowest BCUT2D eigenvalue weighted by Gasteiger charge is -2.33. The van der Waals surface area contributed by atoms with Crippen LogP contribution in [0.25, 0.3) is 10.8 Å². The van der Waals surface area contributed by atoms with Gasteiger partial charge in [-0.1, -0.05) is 31.2 Å². The maximum Gasteiger partial charge on any atom is 0.270 e. The first kappa shape index (κ1) is 12.0. The molecule has 1 aliphatic rings. The van der Waals surface area contributed by atoms with Gasteiger partial charge in [0, 0.05) is 11.4 Å². The third-order valence-corrected chi connectivity index (χ3v) is 3.71. The smallest absolute Gasteiger partial charge is 0.270 e. The molecule has 0 spiro atoms. The highest BCUT2D eigenvalue weighted by molar-refractivity contribution is 5.99. The van der Waals surface area contributed by atoms with E-state index in [2.05, 4.69) is 17.2 Å². The Morgan fingerprint density at radius 3 is 2.84 bits per heavy atom. The Morgan fingerprint density at radius 2 is 2.11 bits per heavy atom. The average molecular weight is 255 g/mol. The van der Waals surface area contributed by atoms with E-state index in [1.807, 2.05) is 24.3 Å². The topological polar surface area (TPSA) is 68.0 Å². The number of nitrogens with two attached hydrogens (primary N) is 1. The number of benzene rings is 1. The van der Waals surface area contributed by atoms with Crippen LogP contribution in [0.1, 0.15) is 30.3 Å². The quantitative estimate of drug-likeness (QED) is 0.865. The fourth-order valence-electron chi connectivity index (χ4n) is 2.62. The first-order valence-electron chi connectivity index (χ1n) is 6.59. The lowest BCUT2D eigenvalue weighted by Crippen LogP contribution is -2.43. The van der Waals surface area contributed by atoms with Crippen molar-refractivity contribution in [3.63, 3.8) is 0 Å². The Labute approximate surface area is 112 Å². The summed E-state index contributed by atoms with van der Waals surface area (Å²) in [6.07, 6.45) is 2.10. The summed E-state index contributed by atoms with van der Waals surface area (Å²) < 4.78 is 0. The number of carbonyl (C=O) groups is 1. The summed E-state index contributed by atoms with van der Waals surface area (Å²) in [6.45, 7) is 2.19. The summed E-state index contributed by atoms with van der Waals surface area (Å²) in [6, 6.07) is 9.77. The molecule has 1 fully saturated rings. The Balaban J connectivity index is 1.86. The minimum Gasteiger partial charge on any atom is -0.383 e. The normalized spacial score (nSPS) is 21.9. The van der Waals surface area contributed by atoms with Gasteiger partial charge < -0.3 is 11.1 Å². The highest BCUT2D eigenvalue weighted by Gasteiger charge is 2.27. The number of rotatable bonds is 2. The average Bonchev–Trinajstić information content (AvgIpc) is 2.37. The lowest BCUT2D eigenvalue weighted by atomic mass is 9.82. The van der Waals surface area contributed by atoms with Gasteiger partial charge in [-0.15, -0.1) is 0 Å². The number of nitrogen functional groups attached to an aromatic ring is 1. The van der Waals surface area contributed by atoms with Gasteiger partial charge in [-0.05, 0) is 30.2 Å². The SMILES string of the molecule is CC1CC(NC(=O)c2cc3ccccc3c(N)n2)C1. The summed E-state index contributed by atoms with van der Waals surface area (Å²) in [5.41, 5.74) is 6.30. The molecule has 0 atom stereocenters. The van der Waals surface area contributed by atoms with E-state index >= 15 is 0 Å². The summed E-state index contributed by atoms with van der Waals surface area (Å²) in [4.78, 5) is 16.3. The van der Waals surface area contributed by atoms with Crippen molar-refractivity contribution in [1.29, 1.82) is 0 Å². The van der Waals surface area contributed by atoms with Crippen LogP contribution in [0.5, 0.6) is 0 Å². The molecule has 1 aliphatic carbocycles. The number of hydrogen-bond donors (Lipinski definition) is 2. The van der Waals surface area contributed by atoms with Crippen molar-refractivity contribution in [2.24, 2.45) is 5.92 Å². The maximum atomic E-state index is 12.1. The van der Waals surface area contributed by atoms with Crippen molar-refractivity contribution in [2.75, 3.05) is 5.73 Å². The predicted octanol–water partition coefficient (Wildman–Crippen LogP) is 2.35. The van der Waals surface area contributed by atoms with Crippen LogP contribution in [0.4, 0.5) is 5.82 Å². The molecule has 1 aromatic heterocycles. The van der Waals surface area contributed by atoms with E-state index in [1.54, 1.807) is 6.07 Å². The van der Waals surface area contributed by atoms with Gasteiger partial charge in [-0.25, -0.2) is 4.98 Å². The van der Waals surface area contributed by atoms with Gasteiger partial charge in [0.25, 0.3) is 5.91 Å². The molecule has 1 saturated carbocycles. The van der Waals surface area contributed by atoms with E-state index in [-0.39, 0.29) is 11.9 Å². The number of aromatic nitrogens is 1. The minimum absolute atomic E-state index is 0.130. The molecule has 0 aliphatic heterocycles. The Bertz CT molecular complexity index is 632. The third-order valence-electron chi connectivity index (χ3n) is 3.71. The van der Waals surface area contributed by atoms with E-state index < -0.39 is 0 Å². The predicted molar refractivity (Wildman–Crippen MR) is 75.8 cm³/mol. The number of pyridine rings is 1. The van der Waals surface area contributed by atoms with E-state index in [9.17, 15) is 4.79 Å². The first-order chi connectivity index (χ1) is 9.13. The second-order valence-electron chi connectivity index (χ2n) is 5.36. The molecule has 1 amide bonds. The second kappa shape index (κ2) is 4.53. The van der Waals surface area contributed by atoms with E-state index in [0.717, 1.165) is 23.6 Å². The third kappa shape index (κ3) is 2.26. The fraction of sp³-hybridized carbons (Fsp3) is 0.333. The molecular formula is C15H17N3O. The van der Waals surface area contributed by atoms with Gasteiger partial charge in [0.1, 0.15) is 11.5 Å². The number of amides is 1. The Kier molecular flexibility index (Phi) is 2.85. The standard InChI is InChI=1S/C15H17N3O/c1-9-6-11(7-9)17-15(19)13-8-10-4-2-3-5-12(10)14(16)18-13/h2-5,8-9,11H,6-7H2,1H3,(H2,16,18)(H,17,19). The number of nitrogens with one attached hydrogen (secondary N) is 1. The highest BCUT2D eigenvalue weighted by Crippen LogP contribution is 2.27. The fourth-order valence-corrected chi connectivity index (χ4v) is 2.62. The number of hydrogen-bond acceptors (Lipinski definition) is 3. The van der Waals surface area contributed by atoms with Crippen LogP contribution in [0.3, 0.4) is 0 Å². The molecule has 4 nitrogen and oxygen atoms in total. The van der Waals surface area contributed by atoms with Crippen molar-refractivity contribution in [3.8, 4) is 0 Å². The largest absolute Gasteiger partial charge is 0.383 e. The summed E-state index contributed by atoms with van der Waals surface area (Å²) in [5, 5.41) is 4.83. The van der Waals surface area contributed by atoms with E-state index in [4.69, 9.17) is 5.73 Å². The van der Waals surface area contributed by atoms with Crippen molar-refractivity contribution in [2.45, 2.75) is 25.8 Å². The molecule has 2 aromatic rings. The summed E-state index contributed by atoms with van der Waals surface area (Å²) >= 11 is 0. The Hall–Kier alpha value is -2.10. The number of fused-ring (bicyclic) bond motifs is 1. The molecule has 19 heavy (non-hydrogen) atoms. The number of nitrogens with zero attached hydrogens (tertiary/aromatic N) is 1. The summed E-state index contributed by atoms with van der Waals surface area (Å²) in [7, 11) is 0. The molecule has 0 saturated heterocycles. The van der Waals surface area contributed by atoms with Crippen LogP contribution in [-0.2, 0) is 0 Å². The van der Waals surface area contributed by atoms with Crippen LogP contribution in [-0.4, -0.2) is 16.9 Å². The number of anilines is 1. The molecule has 0 unspecified atom stereocenters. The molecule has 1 heterocycles. The molecule has 0 radical (unpaired) electrons. The van der Waals surface area contributed by atoms with Crippen LogP contribution in [0, 0.1) is 5.92 Å². The molecule has 98 valence electrons. The first-order valence-corrected chi connectivity index (χ1v) is 6.59. The van der Waals surface area contributed by atoms with Crippen LogP contribution >= 0.6 is 0 Å². The zero-order valence-corrected chi connectivity index (χ0v) is 10.9. The minimum atomic E-state index is -0.130. The maximum absolute atomic E-state index is 12.1. The Morgan fingerprint density at radius 1 is 1.37 bits per heavy atom. The number of carbonyl (C=O) groups excluding carboxylic acids is 1.